The molecule has 3 nitrogen and oxygen atoms in total. The average Bonchev–Trinajstić information content (AvgIpc) is 3.86. The SMILES string of the molecule is C/C=C\C=C/c1ccc2c3c4c5ccccc5sc4c4ccccc4c3n(-c3nc(-c4cc5ccccc5c5ccccc45)nc4c5c(sc34)C=CCCC5)c2c1. The predicted octanol–water partition coefficient (Wildman–Crippen LogP) is 15.2. The number of aryl methyl sites for hydroxylation is 1. The standard InChI is InChI=1S/C52H35N3S2/c1-2-3-5-16-31-27-28-38-42(29-31)55(48-36-21-12-13-22-37(36)49-46(45(38)48)39-23-14-15-26-43(39)56-49)52-50-47(40-24-6-4-7-25-44(40)57-50)53-51(54-52)41-30-32-17-8-9-18-33(32)34-19-10-11-20-35(34)41/h2-3,5,7-23,25-30H,4,6,24H2,1H3/b3-2-,16-5-. The highest BCUT2D eigenvalue weighted by Crippen LogP contribution is 2.49. The van der Waals surface area contributed by atoms with Gasteiger partial charge in [0.1, 0.15) is 0 Å². The van der Waals surface area contributed by atoms with Crippen LogP contribution in [-0.4, -0.2) is 14.5 Å². The Labute approximate surface area is 337 Å². The number of nitrogens with zero attached hydrogens (tertiary/aromatic N) is 3. The molecule has 0 saturated heterocycles. The van der Waals surface area contributed by atoms with E-state index in [1.807, 2.05) is 22.7 Å². The topological polar surface area (TPSA) is 30.7 Å². The van der Waals surface area contributed by atoms with E-state index in [-0.39, 0.29) is 0 Å². The first-order chi connectivity index (χ1) is 28.2. The fourth-order valence-electron chi connectivity index (χ4n) is 9.29. The molecule has 270 valence electrons. The predicted molar refractivity (Wildman–Crippen MR) is 248 cm³/mol. The molecule has 7 aromatic carbocycles. The molecule has 1 aliphatic rings. The third kappa shape index (κ3) is 4.89. The number of allylic oxidation sites excluding steroid dienone is 4. The first kappa shape index (κ1) is 32.8. The maximum atomic E-state index is 5.79. The summed E-state index contributed by atoms with van der Waals surface area (Å²) in [6.07, 6.45) is 16.3. The van der Waals surface area contributed by atoms with Gasteiger partial charge < -0.3 is 0 Å². The van der Waals surface area contributed by atoms with Gasteiger partial charge in [0.2, 0.25) is 0 Å². The van der Waals surface area contributed by atoms with Crippen LogP contribution in [0, 0.1) is 0 Å². The lowest BCUT2D eigenvalue weighted by molar-refractivity contribution is 0.856. The van der Waals surface area contributed by atoms with E-state index in [1.54, 1.807) is 0 Å². The molecule has 0 bridgehead atoms. The fourth-order valence-corrected chi connectivity index (χ4v) is 11.7. The second-order valence-corrected chi connectivity index (χ2v) is 17.2. The summed E-state index contributed by atoms with van der Waals surface area (Å²) in [5, 5.41) is 12.5. The van der Waals surface area contributed by atoms with Crippen molar-refractivity contribution in [2.75, 3.05) is 0 Å². The highest BCUT2D eigenvalue weighted by Gasteiger charge is 2.27. The lowest BCUT2D eigenvalue weighted by Crippen LogP contribution is -2.03. The molecule has 0 saturated carbocycles. The Balaban J connectivity index is 1.30. The monoisotopic (exact) mass is 765 g/mol. The van der Waals surface area contributed by atoms with Gasteiger partial charge in [-0.05, 0) is 83.1 Å². The quantitative estimate of drug-likeness (QED) is 0.132. The number of benzene rings is 7. The van der Waals surface area contributed by atoms with Crippen molar-refractivity contribution in [2.45, 2.75) is 26.2 Å². The molecule has 0 unspecified atom stereocenters. The highest BCUT2D eigenvalue weighted by molar-refractivity contribution is 7.27. The normalized spacial score (nSPS) is 13.6. The molecule has 0 atom stereocenters. The van der Waals surface area contributed by atoms with Gasteiger partial charge in [-0.1, -0.05) is 134 Å². The summed E-state index contributed by atoms with van der Waals surface area (Å²) in [6, 6.07) is 44.6. The lowest BCUT2D eigenvalue weighted by Gasteiger charge is -2.15. The van der Waals surface area contributed by atoms with E-state index in [9.17, 15) is 0 Å². The molecule has 4 aromatic heterocycles. The molecule has 5 heteroatoms. The molecule has 0 amide bonds. The first-order valence-corrected chi connectivity index (χ1v) is 21.4. The lowest BCUT2D eigenvalue weighted by atomic mass is 9.97. The van der Waals surface area contributed by atoms with Crippen molar-refractivity contribution in [3.8, 4) is 17.2 Å². The van der Waals surface area contributed by atoms with E-state index >= 15 is 0 Å². The van der Waals surface area contributed by atoms with Crippen LogP contribution < -0.4 is 0 Å². The summed E-state index contributed by atoms with van der Waals surface area (Å²) in [5.41, 5.74) is 6.96. The van der Waals surface area contributed by atoms with Gasteiger partial charge >= 0.3 is 0 Å². The smallest absolute Gasteiger partial charge is 0.162 e. The summed E-state index contributed by atoms with van der Waals surface area (Å²) in [7, 11) is 0. The molecule has 0 fully saturated rings. The Bertz CT molecular complexity index is 3570. The zero-order valence-corrected chi connectivity index (χ0v) is 32.9. The molecule has 0 radical (unpaired) electrons. The van der Waals surface area contributed by atoms with Crippen LogP contribution in [0.2, 0.25) is 0 Å². The van der Waals surface area contributed by atoms with Crippen LogP contribution in [0.15, 0.2) is 146 Å². The van der Waals surface area contributed by atoms with E-state index < -0.39 is 0 Å². The highest BCUT2D eigenvalue weighted by atomic mass is 32.1. The van der Waals surface area contributed by atoms with E-state index in [1.165, 1.54) is 79.2 Å². The molecule has 0 spiro atoms. The third-order valence-electron chi connectivity index (χ3n) is 11.8. The van der Waals surface area contributed by atoms with Crippen molar-refractivity contribution >= 4 is 119 Å². The molecule has 0 N–H and O–H groups in total. The third-order valence-corrected chi connectivity index (χ3v) is 14.2. The van der Waals surface area contributed by atoms with Crippen molar-refractivity contribution < 1.29 is 0 Å². The number of fused-ring (bicyclic) bond motifs is 16. The first-order valence-electron chi connectivity index (χ1n) is 19.8. The van der Waals surface area contributed by atoms with Crippen molar-refractivity contribution in [2.24, 2.45) is 0 Å². The van der Waals surface area contributed by atoms with E-state index in [0.717, 1.165) is 57.8 Å². The van der Waals surface area contributed by atoms with E-state index in [2.05, 4.69) is 169 Å². The van der Waals surface area contributed by atoms with Crippen LogP contribution in [0.25, 0.3) is 114 Å². The minimum Gasteiger partial charge on any atom is -0.292 e. The zero-order valence-electron chi connectivity index (χ0n) is 31.3. The van der Waals surface area contributed by atoms with Gasteiger partial charge in [0.25, 0.3) is 0 Å². The number of rotatable bonds is 4. The Morgan fingerprint density at radius 2 is 1.42 bits per heavy atom. The minimum atomic E-state index is 0.763. The molecular weight excluding hydrogens is 731 g/mol. The molecule has 11 aromatic rings. The van der Waals surface area contributed by atoms with Crippen molar-refractivity contribution in [3.05, 3.63) is 162 Å². The van der Waals surface area contributed by atoms with Crippen LogP contribution in [0.3, 0.4) is 0 Å². The number of thiophene rings is 2. The van der Waals surface area contributed by atoms with Crippen molar-refractivity contribution in [1.29, 1.82) is 0 Å². The summed E-state index contributed by atoms with van der Waals surface area (Å²) in [6.45, 7) is 2.06. The Morgan fingerprint density at radius 1 is 0.649 bits per heavy atom. The maximum Gasteiger partial charge on any atom is 0.162 e. The summed E-state index contributed by atoms with van der Waals surface area (Å²) in [5.74, 6) is 1.70. The van der Waals surface area contributed by atoms with Crippen LogP contribution >= 0.6 is 22.7 Å². The van der Waals surface area contributed by atoms with Crippen LogP contribution in [0.5, 0.6) is 0 Å². The van der Waals surface area contributed by atoms with Crippen LogP contribution in [0.1, 0.15) is 35.8 Å². The Hall–Kier alpha value is -6.40. The summed E-state index contributed by atoms with van der Waals surface area (Å²) >= 11 is 3.75. The largest absolute Gasteiger partial charge is 0.292 e. The van der Waals surface area contributed by atoms with Gasteiger partial charge in [-0.25, -0.2) is 9.97 Å². The number of hydrogen-bond donors (Lipinski definition) is 0. The van der Waals surface area contributed by atoms with Gasteiger partial charge in [-0.15, -0.1) is 22.7 Å². The van der Waals surface area contributed by atoms with Crippen molar-refractivity contribution in [3.63, 3.8) is 0 Å². The molecular formula is C52H35N3S2. The second-order valence-electron chi connectivity index (χ2n) is 15.0. The number of hydrogen-bond acceptors (Lipinski definition) is 4. The van der Waals surface area contributed by atoms with Gasteiger partial charge in [0, 0.05) is 52.2 Å². The Kier molecular flexibility index (Phi) is 7.38. The second kappa shape index (κ2) is 12.8. The molecule has 57 heavy (non-hydrogen) atoms. The average molecular weight is 766 g/mol. The van der Waals surface area contributed by atoms with E-state index in [4.69, 9.17) is 9.97 Å². The zero-order chi connectivity index (χ0) is 37.6. The summed E-state index contributed by atoms with van der Waals surface area (Å²) in [4.78, 5) is 12.7. The van der Waals surface area contributed by atoms with Gasteiger partial charge in [-0.2, -0.15) is 0 Å². The molecule has 4 heterocycles. The molecule has 12 rings (SSSR count). The van der Waals surface area contributed by atoms with E-state index in [0.29, 0.717) is 0 Å². The summed E-state index contributed by atoms with van der Waals surface area (Å²) < 4.78 is 6.27. The Morgan fingerprint density at radius 3 is 2.30 bits per heavy atom. The molecule has 0 aliphatic heterocycles. The number of aromatic nitrogens is 3. The minimum absolute atomic E-state index is 0.763. The molecule has 1 aliphatic carbocycles. The van der Waals surface area contributed by atoms with Gasteiger partial charge in [0.15, 0.2) is 11.6 Å². The maximum absolute atomic E-state index is 5.79. The van der Waals surface area contributed by atoms with Gasteiger partial charge in [0.05, 0.1) is 21.3 Å². The van der Waals surface area contributed by atoms with Crippen LogP contribution in [0.4, 0.5) is 0 Å². The van der Waals surface area contributed by atoms with Crippen LogP contribution in [-0.2, 0) is 6.42 Å². The van der Waals surface area contributed by atoms with Crippen molar-refractivity contribution in [1.82, 2.24) is 14.5 Å². The van der Waals surface area contributed by atoms with Gasteiger partial charge in [-0.3, -0.25) is 4.57 Å². The fraction of sp³-hybridized carbons (Fsp3) is 0.0769.